The van der Waals surface area contributed by atoms with Crippen molar-refractivity contribution in [1.29, 1.82) is 0 Å². The van der Waals surface area contributed by atoms with Gasteiger partial charge in [0.05, 0.1) is 28.7 Å². The number of benzene rings is 1. The van der Waals surface area contributed by atoms with Crippen molar-refractivity contribution < 1.29 is 22.7 Å². The molecule has 0 bridgehead atoms. The van der Waals surface area contributed by atoms with Gasteiger partial charge in [-0.1, -0.05) is 18.2 Å². The lowest BCUT2D eigenvalue weighted by Crippen LogP contribution is -2.40. The zero-order valence-electron chi connectivity index (χ0n) is 16.5. The molecule has 3 aromatic rings. The summed E-state index contributed by atoms with van der Waals surface area (Å²) in [5, 5.41) is 4.77. The molecule has 0 aliphatic carbocycles. The van der Waals surface area contributed by atoms with Gasteiger partial charge in [-0.2, -0.15) is 4.31 Å². The fraction of sp³-hybridized carbons (Fsp3) is 0.238. The van der Waals surface area contributed by atoms with Gasteiger partial charge in [-0.05, 0) is 35.2 Å². The third-order valence-corrected chi connectivity index (χ3v) is 8.39. The highest BCUT2D eigenvalue weighted by molar-refractivity contribution is 7.89. The summed E-state index contributed by atoms with van der Waals surface area (Å²) in [6.45, 7) is 1.60. The van der Waals surface area contributed by atoms with Crippen LogP contribution in [0.2, 0.25) is 0 Å². The van der Waals surface area contributed by atoms with E-state index in [4.69, 9.17) is 9.47 Å². The molecule has 10 heteroatoms. The van der Waals surface area contributed by atoms with E-state index in [1.807, 2.05) is 22.9 Å². The predicted octanol–water partition coefficient (Wildman–Crippen LogP) is 3.65. The molecule has 1 saturated heterocycles. The minimum absolute atomic E-state index is 0.0990. The van der Waals surface area contributed by atoms with Crippen LogP contribution in [-0.2, 0) is 30.9 Å². The normalized spacial score (nSPS) is 15.4. The number of carbonyl (C=O) groups excluding carboxylic acids is 1. The average Bonchev–Trinajstić information content (AvgIpc) is 3.49. The fourth-order valence-electron chi connectivity index (χ4n) is 2.93. The van der Waals surface area contributed by atoms with E-state index >= 15 is 0 Å². The number of morpholine rings is 1. The van der Waals surface area contributed by atoms with Crippen LogP contribution >= 0.6 is 22.7 Å². The Kier molecular flexibility index (Phi) is 6.93. The summed E-state index contributed by atoms with van der Waals surface area (Å²) in [5.41, 5.74) is 1.40. The minimum atomic E-state index is -3.53. The summed E-state index contributed by atoms with van der Waals surface area (Å²) >= 11 is 3.13. The highest BCUT2D eigenvalue weighted by atomic mass is 32.2. The molecule has 1 aliphatic rings. The molecule has 7 nitrogen and oxygen atoms in total. The van der Waals surface area contributed by atoms with Crippen LogP contribution < -0.4 is 0 Å². The lowest BCUT2D eigenvalue weighted by atomic mass is 10.2. The van der Waals surface area contributed by atoms with Gasteiger partial charge in [0, 0.05) is 24.5 Å². The first-order valence-electron chi connectivity index (χ1n) is 9.53. The molecule has 0 amide bonds. The maximum absolute atomic E-state index is 12.6. The van der Waals surface area contributed by atoms with Crippen LogP contribution in [0.4, 0.5) is 0 Å². The number of esters is 1. The van der Waals surface area contributed by atoms with Crippen molar-refractivity contribution in [2.75, 3.05) is 26.3 Å². The van der Waals surface area contributed by atoms with Crippen molar-refractivity contribution >= 4 is 44.7 Å². The van der Waals surface area contributed by atoms with Crippen molar-refractivity contribution in [2.24, 2.45) is 0 Å². The van der Waals surface area contributed by atoms with Gasteiger partial charge < -0.3 is 9.47 Å². The van der Waals surface area contributed by atoms with E-state index in [0.717, 1.165) is 9.88 Å². The molecule has 0 spiro atoms. The molecule has 1 aromatic carbocycles. The van der Waals surface area contributed by atoms with E-state index in [-0.39, 0.29) is 11.5 Å². The Labute approximate surface area is 188 Å². The second-order valence-electron chi connectivity index (χ2n) is 6.65. The summed E-state index contributed by atoms with van der Waals surface area (Å²) in [5.74, 6) is -0.490. The van der Waals surface area contributed by atoms with Gasteiger partial charge >= 0.3 is 5.97 Å². The van der Waals surface area contributed by atoms with Crippen molar-refractivity contribution in [3.8, 4) is 9.88 Å². The van der Waals surface area contributed by atoms with Gasteiger partial charge in [-0.15, -0.1) is 22.7 Å². The maximum atomic E-state index is 12.6. The molecule has 2 aromatic heterocycles. The SMILES string of the molecule is O=C(/C=C/c1ccc(S(=O)(=O)N2CCOCC2)cc1)OCc1csc(-c2cccs2)n1. The number of aromatic nitrogens is 1. The average molecular weight is 477 g/mol. The number of carbonyl (C=O) groups is 1. The molecular formula is C21H20N2O5S3. The molecule has 1 aliphatic heterocycles. The Morgan fingerprint density at radius 1 is 1.16 bits per heavy atom. The van der Waals surface area contributed by atoms with Crippen molar-refractivity contribution in [3.05, 3.63) is 64.5 Å². The molecule has 0 unspecified atom stereocenters. The molecule has 4 rings (SSSR count). The Morgan fingerprint density at radius 2 is 1.94 bits per heavy atom. The molecule has 0 atom stereocenters. The quantitative estimate of drug-likeness (QED) is 0.382. The van der Waals surface area contributed by atoms with E-state index in [0.29, 0.717) is 37.6 Å². The number of thiophene rings is 1. The van der Waals surface area contributed by atoms with E-state index in [1.165, 1.54) is 33.9 Å². The Balaban J connectivity index is 1.31. The van der Waals surface area contributed by atoms with Crippen LogP contribution in [0, 0.1) is 0 Å². The summed E-state index contributed by atoms with van der Waals surface area (Å²) in [6, 6.07) is 10.4. The summed E-state index contributed by atoms with van der Waals surface area (Å²) < 4.78 is 37.1. The van der Waals surface area contributed by atoms with Crippen LogP contribution in [0.15, 0.2) is 58.1 Å². The van der Waals surface area contributed by atoms with Crippen molar-refractivity contribution in [3.63, 3.8) is 0 Å². The second kappa shape index (κ2) is 9.84. The summed E-state index contributed by atoms with van der Waals surface area (Å²) in [4.78, 5) is 17.8. The molecule has 162 valence electrons. The molecule has 3 heterocycles. The molecule has 0 N–H and O–H groups in total. The van der Waals surface area contributed by atoms with Crippen LogP contribution in [0.5, 0.6) is 0 Å². The first-order valence-corrected chi connectivity index (χ1v) is 12.7. The Bertz CT molecular complexity index is 1150. The van der Waals surface area contributed by atoms with Gasteiger partial charge in [0.25, 0.3) is 0 Å². The number of thiazole rings is 1. The van der Waals surface area contributed by atoms with Crippen LogP contribution in [0.3, 0.4) is 0 Å². The standard InChI is InChI=1S/C21H20N2O5S3/c24-20(28-14-17-15-30-21(22-17)19-2-1-13-29-19)8-5-16-3-6-18(7-4-16)31(25,26)23-9-11-27-12-10-23/h1-8,13,15H,9-12,14H2/b8-5+. The smallest absolute Gasteiger partial charge is 0.331 e. The Morgan fingerprint density at radius 3 is 2.65 bits per heavy atom. The minimum Gasteiger partial charge on any atom is -0.456 e. The molecule has 0 radical (unpaired) electrons. The van der Waals surface area contributed by atoms with Crippen LogP contribution in [-0.4, -0.2) is 50.0 Å². The largest absolute Gasteiger partial charge is 0.456 e. The topological polar surface area (TPSA) is 85.8 Å². The molecule has 1 fully saturated rings. The van der Waals surface area contributed by atoms with E-state index in [9.17, 15) is 13.2 Å². The lowest BCUT2D eigenvalue weighted by Gasteiger charge is -2.26. The van der Waals surface area contributed by atoms with E-state index in [2.05, 4.69) is 4.98 Å². The zero-order valence-corrected chi connectivity index (χ0v) is 18.9. The van der Waals surface area contributed by atoms with Gasteiger partial charge in [-0.25, -0.2) is 18.2 Å². The highest BCUT2D eigenvalue weighted by Gasteiger charge is 2.25. The number of sulfonamides is 1. The number of ether oxygens (including phenoxy) is 2. The number of hydrogen-bond acceptors (Lipinski definition) is 8. The lowest BCUT2D eigenvalue weighted by molar-refractivity contribution is -0.139. The molecular weight excluding hydrogens is 456 g/mol. The molecule has 31 heavy (non-hydrogen) atoms. The fourth-order valence-corrected chi connectivity index (χ4v) is 5.96. The monoisotopic (exact) mass is 476 g/mol. The first-order chi connectivity index (χ1) is 15.0. The third kappa shape index (κ3) is 5.46. The van der Waals surface area contributed by atoms with E-state index in [1.54, 1.807) is 29.5 Å². The highest BCUT2D eigenvalue weighted by Crippen LogP contribution is 2.28. The predicted molar refractivity (Wildman–Crippen MR) is 120 cm³/mol. The van der Waals surface area contributed by atoms with Gasteiger partial charge in [0.15, 0.2) is 0 Å². The van der Waals surface area contributed by atoms with Crippen LogP contribution in [0.1, 0.15) is 11.3 Å². The first kappa shape index (κ1) is 21.8. The summed E-state index contributed by atoms with van der Waals surface area (Å²) in [7, 11) is -3.53. The summed E-state index contributed by atoms with van der Waals surface area (Å²) in [6.07, 6.45) is 2.91. The maximum Gasteiger partial charge on any atom is 0.331 e. The third-order valence-electron chi connectivity index (χ3n) is 4.55. The van der Waals surface area contributed by atoms with Crippen molar-refractivity contribution in [1.82, 2.24) is 9.29 Å². The van der Waals surface area contributed by atoms with Gasteiger partial charge in [-0.3, -0.25) is 0 Å². The van der Waals surface area contributed by atoms with E-state index < -0.39 is 16.0 Å². The number of nitrogens with zero attached hydrogens (tertiary/aromatic N) is 2. The zero-order chi connectivity index (χ0) is 21.7. The Hall–Kier alpha value is -2.37. The van der Waals surface area contributed by atoms with Gasteiger partial charge in [0.2, 0.25) is 10.0 Å². The van der Waals surface area contributed by atoms with Crippen molar-refractivity contribution in [2.45, 2.75) is 11.5 Å². The second-order valence-corrected chi connectivity index (χ2v) is 10.4. The number of rotatable bonds is 7. The van der Waals surface area contributed by atoms with Crippen LogP contribution in [0.25, 0.3) is 16.0 Å². The van der Waals surface area contributed by atoms with Gasteiger partial charge in [0.1, 0.15) is 11.6 Å². The number of hydrogen-bond donors (Lipinski definition) is 0. The molecule has 0 saturated carbocycles.